The van der Waals surface area contributed by atoms with E-state index in [1.807, 2.05) is 30.3 Å². The van der Waals surface area contributed by atoms with Gasteiger partial charge in [-0.3, -0.25) is 9.78 Å². The lowest BCUT2D eigenvalue weighted by Crippen LogP contribution is -2.18. The molecule has 0 saturated carbocycles. The first-order valence-electron chi connectivity index (χ1n) is 9.36. The third-order valence-corrected chi connectivity index (χ3v) is 4.51. The van der Waals surface area contributed by atoms with Crippen LogP contribution < -0.4 is 15.4 Å². The number of nitrogens with zero attached hydrogens (tertiary/aromatic N) is 2. The fourth-order valence-electron chi connectivity index (χ4n) is 2.93. The molecule has 0 bridgehead atoms. The number of imidazole rings is 1. The summed E-state index contributed by atoms with van der Waals surface area (Å²) in [5, 5.41) is 5.83. The summed E-state index contributed by atoms with van der Waals surface area (Å²) in [4.78, 5) is 23.6. The smallest absolute Gasteiger partial charge is 0.269 e. The minimum atomic E-state index is -0.263. The van der Waals surface area contributed by atoms with Gasteiger partial charge in [-0.25, -0.2) is 4.98 Å². The van der Waals surface area contributed by atoms with Crippen LogP contribution in [0.2, 0.25) is 0 Å². The summed E-state index contributed by atoms with van der Waals surface area (Å²) in [6, 6.07) is 17.2. The molecular formula is C22H21N5O2. The summed E-state index contributed by atoms with van der Waals surface area (Å²) in [6.45, 7) is 2.13. The quantitative estimate of drug-likeness (QED) is 0.456. The molecule has 0 saturated heterocycles. The van der Waals surface area contributed by atoms with Gasteiger partial charge in [0.1, 0.15) is 17.2 Å². The molecule has 0 unspecified atom stereocenters. The highest BCUT2D eigenvalue weighted by molar-refractivity contribution is 5.92. The van der Waals surface area contributed by atoms with E-state index in [1.54, 1.807) is 25.4 Å². The van der Waals surface area contributed by atoms with E-state index in [0.717, 1.165) is 23.1 Å². The van der Waals surface area contributed by atoms with Gasteiger partial charge in [0, 0.05) is 31.1 Å². The van der Waals surface area contributed by atoms with E-state index in [-0.39, 0.29) is 5.91 Å². The molecule has 1 amide bonds. The van der Waals surface area contributed by atoms with Crippen molar-refractivity contribution in [2.24, 2.45) is 0 Å². The van der Waals surface area contributed by atoms with Crippen LogP contribution in [-0.4, -0.2) is 27.9 Å². The molecule has 0 radical (unpaired) electrons. The summed E-state index contributed by atoms with van der Waals surface area (Å²) in [5.41, 5.74) is 4.22. The van der Waals surface area contributed by atoms with Crippen LogP contribution in [0, 0.1) is 0 Å². The van der Waals surface area contributed by atoms with E-state index in [1.165, 1.54) is 5.56 Å². The normalized spacial score (nSPS) is 10.7. The zero-order chi connectivity index (χ0) is 20.2. The Hall–Kier alpha value is -3.87. The zero-order valence-electron chi connectivity index (χ0n) is 16.2. The van der Waals surface area contributed by atoms with Crippen LogP contribution in [-0.2, 0) is 6.42 Å². The lowest BCUT2D eigenvalue weighted by Gasteiger charge is -2.06. The number of aromatic amines is 1. The summed E-state index contributed by atoms with van der Waals surface area (Å²) in [6.07, 6.45) is 2.55. The number of amides is 1. The Bertz CT molecular complexity index is 1150. The van der Waals surface area contributed by atoms with E-state index >= 15 is 0 Å². The molecule has 0 aliphatic rings. The van der Waals surface area contributed by atoms with Crippen LogP contribution in [0.15, 0.2) is 60.8 Å². The van der Waals surface area contributed by atoms with Crippen LogP contribution in [0.25, 0.3) is 11.0 Å². The molecule has 2 aromatic heterocycles. The molecule has 4 aromatic rings. The lowest BCUT2D eigenvalue weighted by atomic mass is 10.1. The second-order valence-electron chi connectivity index (χ2n) is 6.50. The maximum Gasteiger partial charge on any atom is 0.269 e. The summed E-state index contributed by atoms with van der Waals surface area (Å²) >= 11 is 0. The van der Waals surface area contributed by atoms with Gasteiger partial charge in [-0.1, -0.05) is 19.1 Å². The Morgan fingerprint density at radius 1 is 1.07 bits per heavy atom. The maximum absolute atomic E-state index is 11.7. The fraction of sp³-hybridized carbons (Fsp3) is 0.136. The highest BCUT2D eigenvalue weighted by Gasteiger charge is 2.09. The second-order valence-corrected chi connectivity index (χ2v) is 6.50. The molecular weight excluding hydrogens is 366 g/mol. The van der Waals surface area contributed by atoms with Gasteiger partial charge in [-0.2, -0.15) is 0 Å². The fourth-order valence-corrected chi connectivity index (χ4v) is 2.93. The van der Waals surface area contributed by atoms with Crippen molar-refractivity contribution in [2.75, 3.05) is 12.4 Å². The molecule has 4 rings (SSSR count). The highest BCUT2D eigenvalue weighted by Crippen LogP contribution is 2.26. The number of hydrogen-bond donors (Lipinski definition) is 3. The molecule has 2 heterocycles. The molecule has 146 valence electrons. The first kappa shape index (κ1) is 18.5. The van der Waals surface area contributed by atoms with Crippen LogP contribution >= 0.6 is 0 Å². The molecule has 0 spiro atoms. The zero-order valence-corrected chi connectivity index (χ0v) is 16.2. The topological polar surface area (TPSA) is 91.9 Å². The Morgan fingerprint density at radius 2 is 1.86 bits per heavy atom. The van der Waals surface area contributed by atoms with Crippen molar-refractivity contribution < 1.29 is 9.53 Å². The number of fused-ring (bicyclic) bond motifs is 1. The largest absolute Gasteiger partial charge is 0.457 e. The minimum absolute atomic E-state index is 0.263. The molecule has 0 aliphatic carbocycles. The van der Waals surface area contributed by atoms with Crippen LogP contribution in [0.5, 0.6) is 11.5 Å². The predicted molar refractivity (Wildman–Crippen MR) is 113 cm³/mol. The monoisotopic (exact) mass is 387 g/mol. The highest BCUT2D eigenvalue weighted by atomic mass is 16.5. The average molecular weight is 387 g/mol. The molecule has 3 N–H and O–H groups in total. The molecule has 0 fully saturated rings. The number of hydrogen-bond acceptors (Lipinski definition) is 5. The Labute approximate surface area is 168 Å². The van der Waals surface area contributed by atoms with Gasteiger partial charge in [0.15, 0.2) is 0 Å². The number of aryl methyl sites for hydroxylation is 1. The van der Waals surface area contributed by atoms with Gasteiger partial charge in [-0.15, -0.1) is 0 Å². The number of nitrogens with one attached hydrogen (secondary N) is 3. The van der Waals surface area contributed by atoms with Crippen molar-refractivity contribution in [3.63, 3.8) is 0 Å². The number of ether oxygens (including phenoxy) is 1. The number of carbonyl (C=O) groups excluding carboxylic acids is 1. The number of aromatic nitrogens is 3. The van der Waals surface area contributed by atoms with E-state index in [0.29, 0.717) is 23.1 Å². The number of carbonyl (C=O) groups is 1. The summed E-state index contributed by atoms with van der Waals surface area (Å²) in [7, 11) is 1.56. The van der Waals surface area contributed by atoms with Crippen LogP contribution in [0.1, 0.15) is 23.0 Å². The van der Waals surface area contributed by atoms with Gasteiger partial charge >= 0.3 is 0 Å². The molecule has 0 atom stereocenters. The molecule has 7 nitrogen and oxygen atoms in total. The molecule has 0 aliphatic heterocycles. The van der Waals surface area contributed by atoms with Crippen molar-refractivity contribution >= 4 is 28.6 Å². The summed E-state index contributed by atoms with van der Waals surface area (Å²) < 4.78 is 5.88. The van der Waals surface area contributed by atoms with Gasteiger partial charge in [0.25, 0.3) is 5.91 Å². The maximum atomic E-state index is 11.7. The number of rotatable bonds is 6. The van der Waals surface area contributed by atoms with Crippen molar-refractivity contribution in [2.45, 2.75) is 13.3 Å². The first-order valence-corrected chi connectivity index (χ1v) is 9.36. The van der Waals surface area contributed by atoms with Crippen molar-refractivity contribution in [1.29, 1.82) is 0 Å². The minimum Gasteiger partial charge on any atom is -0.457 e. The van der Waals surface area contributed by atoms with E-state index in [9.17, 15) is 4.79 Å². The predicted octanol–water partition coefficient (Wildman–Crippen LogP) is 4.42. The number of benzene rings is 2. The third kappa shape index (κ3) is 4.19. The van der Waals surface area contributed by atoms with Gasteiger partial charge in [-0.05, 0) is 42.3 Å². The second kappa shape index (κ2) is 8.02. The van der Waals surface area contributed by atoms with Crippen molar-refractivity contribution in [3.05, 3.63) is 72.1 Å². The van der Waals surface area contributed by atoms with Crippen LogP contribution in [0.4, 0.5) is 11.6 Å². The first-order chi connectivity index (χ1) is 14.1. The Kier molecular flexibility index (Phi) is 5.11. The van der Waals surface area contributed by atoms with Gasteiger partial charge < -0.3 is 20.4 Å². The van der Waals surface area contributed by atoms with Gasteiger partial charge in [0.2, 0.25) is 5.95 Å². The Balaban J connectivity index is 1.53. The molecule has 7 heteroatoms. The summed E-state index contributed by atoms with van der Waals surface area (Å²) in [5.74, 6) is 1.55. The third-order valence-electron chi connectivity index (χ3n) is 4.51. The standard InChI is InChI=1S/C22H21N5O2/c1-3-14-4-6-15(7-5-14)25-22-26-18-9-8-16(12-19(18)27-22)29-17-10-11-24-20(13-17)21(28)23-2/h4-13H,3H2,1-2H3,(H,23,28)(H2,25,26,27). The van der Waals surface area contributed by atoms with E-state index in [4.69, 9.17) is 4.74 Å². The number of H-pyrrole nitrogens is 1. The average Bonchev–Trinajstić information content (AvgIpc) is 3.15. The lowest BCUT2D eigenvalue weighted by molar-refractivity contribution is 0.0958. The van der Waals surface area contributed by atoms with Crippen LogP contribution in [0.3, 0.4) is 0 Å². The van der Waals surface area contributed by atoms with E-state index in [2.05, 4.69) is 44.6 Å². The number of pyridine rings is 1. The van der Waals surface area contributed by atoms with Crippen molar-refractivity contribution in [3.8, 4) is 11.5 Å². The molecule has 2 aromatic carbocycles. The SMILES string of the molecule is CCc1ccc(Nc2nc3cc(Oc4ccnc(C(=O)NC)c4)ccc3[nH]2)cc1. The Morgan fingerprint density at radius 3 is 2.62 bits per heavy atom. The molecule has 29 heavy (non-hydrogen) atoms. The number of anilines is 2. The van der Waals surface area contributed by atoms with Crippen molar-refractivity contribution in [1.82, 2.24) is 20.3 Å². The van der Waals surface area contributed by atoms with Gasteiger partial charge in [0.05, 0.1) is 11.0 Å². The van der Waals surface area contributed by atoms with E-state index < -0.39 is 0 Å².